The van der Waals surface area contributed by atoms with Crippen LogP contribution in [0.25, 0.3) is 11.4 Å². The van der Waals surface area contributed by atoms with Gasteiger partial charge in [-0.15, -0.1) is 11.3 Å². The van der Waals surface area contributed by atoms with Gasteiger partial charge in [0.15, 0.2) is 0 Å². The van der Waals surface area contributed by atoms with Gasteiger partial charge in [-0.3, -0.25) is 14.6 Å². The topological polar surface area (TPSA) is 89.8 Å². The van der Waals surface area contributed by atoms with Gasteiger partial charge in [-0.2, -0.15) is 5.10 Å². The minimum atomic E-state index is -3.43. The number of aromatic nitrogens is 4. The van der Waals surface area contributed by atoms with Gasteiger partial charge in [0, 0.05) is 25.1 Å². The summed E-state index contributed by atoms with van der Waals surface area (Å²) in [6, 6.07) is 5.10. The first-order chi connectivity index (χ1) is 10.6. The highest BCUT2D eigenvalue weighted by atomic mass is 32.2. The van der Waals surface area contributed by atoms with E-state index in [0.29, 0.717) is 22.1 Å². The number of nitrogens with one attached hydrogen (secondary N) is 1. The molecule has 0 aliphatic heterocycles. The molecule has 22 heavy (non-hydrogen) atoms. The summed E-state index contributed by atoms with van der Waals surface area (Å²) in [6.07, 6.45) is 6.61. The molecular formula is C13H13N5O2S2. The lowest BCUT2D eigenvalue weighted by atomic mass is 10.3. The normalized spacial score (nSPS) is 11.6. The summed E-state index contributed by atoms with van der Waals surface area (Å²) in [6.45, 7) is 0.701. The van der Waals surface area contributed by atoms with Crippen molar-refractivity contribution in [2.24, 2.45) is 0 Å². The molecule has 9 heteroatoms. The van der Waals surface area contributed by atoms with Gasteiger partial charge >= 0.3 is 0 Å². The molecule has 114 valence electrons. The standard InChI is InChI=1S/C13H13N5O2S2/c19-22(20,13-2-1-9-21-13)16-6-8-18-7-3-11(17-18)12-10-14-4-5-15-12/h1-5,7,9-10,16H,6,8H2. The Morgan fingerprint density at radius 3 is 2.86 bits per heavy atom. The van der Waals surface area contributed by atoms with Crippen molar-refractivity contribution in [3.05, 3.63) is 48.4 Å². The molecular weight excluding hydrogens is 322 g/mol. The molecule has 0 radical (unpaired) electrons. The molecule has 7 nitrogen and oxygen atoms in total. The minimum absolute atomic E-state index is 0.266. The summed E-state index contributed by atoms with van der Waals surface area (Å²) < 4.78 is 28.5. The van der Waals surface area contributed by atoms with Crippen molar-refractivity contribution in [1.29, 1.82) is 0 Å². The first-order valence-corrected chi connectivity index (χ1v) is 8.84. The van der Waals surface area contributed by atoms with Crippen molar-refractivity contribution in [2.45, 2.75) is 10.8 Å². The fourth-order valence-electron chi connectivity index (χ4n) is 1.84. The number of nitrogens with zero attached hydrogens (tertiary/aromatic N) is 4. The molecule has 0 aromatic carbocycles. The zero-order chi connectivity index (χ0) is 15.4. The van der Waals surface area contributed by atoms with E-state index in [4.69, 9.17) is 0 Å². The molecule has 0 fully saturated rings. The minimum Gasteiger partial charge on any atom is -0.271 e. The van der Waals surface area contributed by atoms with E-state index < -0.39 is 10.0 Å². The van der Waals surface area contributed by atoms with Crippen LogP contribution in [0.1, 0.15) is 0 Å². The maximum atomic E-state index is 12.0. The van der Waals surface area contributed by atoms with Gasteiger partial charge in [-0.25, -0.2) is 13.1 Å². The Labute approximate surface area is 131 Å². The monoisotopic (exact) mass is 335 g/mol. The van der Waals surface area contributed by atoms with Gasteiger partial charge in [-0.1, -0.05) is 6.07 Å². The highest BCUT2D eigenvalue weighted by molar-refractivity contribution is 7.91. The average molecular weight is 335 g/mol. The Morgan fingerprint density at radius 2 is 2.14 bits per heavy atom. The van der Waals surface area contributed by atoms with Crippen molar-refractivity contribution in [3.8, 4) is 11.4 Å². The van der Waals surface area contributed by atoms with Crippen LogP contribution in [0.15, 0.2) is 52.6 Å². The Morgan fingerprint density at radius 1 is 1.23 bits per heavy atom. The van der Waals surface area contributed by atoms with Gasteiger partial charge in [0.2, 0.25) is 10.0 Å². The van der Waals surface area contributed by atoms with Crippen molar-refractivity contribution in [1.82, 2.24) is 24.5 Å². The number of hydrogen-bond acceptors (Lipinski definition) is 6. The number of thiophene rings is 1. The lowest BCUT2D eigenvalue weighted by molar-refractivity contribution is 0.563. The van der Waals surface area contributed by atoms with Crippen molar-refractivity contribution in [3.63, 3.8) is 0 Å². The Bertz CT molecular complexity index is 828. The highest BCUT2D eigenvalue weighted by Crippen LogP contribution is 2.15. The zero-order valence-corrected chi connectivity index (χ0v) is 13.1. The van der Waals surface area contributed by atoms with E-state index in [0.717, 1.165) is 0 Å². The first-order valence-electron chi connectivity index (χ1n) is 6.48. The van der Waals surface area contributed by atoms with Crippen molar-refractivity contribution < 1.29 is 8.42 Å². The molecule has 1 N–H and O–H groups in total. The summed E-state index contributed by atoms with van der Waals surface area (Å²) in [5.74, 6) is 0. The summed E-state index contributed by atoms with van der Waals surface area (Å²) in [4.78, 5) is 8.16. The second-order valence-electron chi connectivity index (χ2n) is 4.38. The number of sulfonamides is 1. The predicted octanol–water partition coefficient (Wildman–Crippen LogP) is 1.38. The van der Waals surface area contributed by atoms with Crippen molar-refractivity contribution >= 4 is 21.4 Å². The Hall–Kier alpha value is -2.10. The molecule has 0 aliphatic rings. The first kappa shape index (κ1) is 14.8. The number of rotatable bonds is 6. The summed E-state index contributed by atoms with van der Waals surface area (Å²) >= 11 is 1.19. The average Bonchev–Trinajstić information content (AvgIpc) is 3.20. The van der Waals surface area contributed by atoms with Crippen LogP contribution in [0.5, 0.6) is 0 Å². The van der Waals surface area contributed by atoms with Gasteiger partial charge in [0.25, 0.3) is 0 Å². The summed E-state index contributed by atoms with van der Waals surface area (Å²) in [5.41, 5.74) is 1.38. The second-order valence-corrected chi connectivity index (χ2v) is 7.33. The van der Waals surface area contributed by atoms with Crippen LogP contribution >= 0.6 is 11.3 Å². The van der Waals surface area contributed by atoms with E-state index >= 15 is 0 Å². The zero-order valence-electron chi connectivity index (χ0n) is 11.5. The lowest BCUT2D eigenvalue weighted by Crippen LogP contribution is -2.27. The molecule has 3 aromatic rings. The van der Waals surface area contributed by atoms with Crippen LogP contribution in [0.4, 0.5) is 0 Å². The maximum Gasteiger partial charge on any atom is 0.250 e. The van der Waals surface area contributed by atoms with Crippen LogP contribution in [0, 0.1) is 0 Å². The fraction of sp³-hybridized carbons (Fsp3) is 0.154. The molecule has 0 unspecified atom stereocenters. The van der Waals surface area contributed by atoms with Crippen LogP contribution in [0.2, 0.25) is 0 Å². The molecule has 0 atom stereocenters. The third-order valence-corrected chi connectivity index (χ3v) is 5.72. The molecule has 0 aliphatic carbocycles. The van der Waals surface area contributed by atoms with E-state index in [2.05, 4.69) is 19.8 Å². The second kappa shape index (κ2) is 6.34. The molecule has 0 saturated carbocycles. The van der Waals surface area contributed by atoms with Crippen LogP contribution in [0.3, 0.4) is 0 Å². The predicted molar refractivity (Wildman–Crippen MR) is 82.8 cm³/mol. The Kier molecular flexibility index (Phi) is 4.27. The van der Waals surface area contributed by atoms with Gasteiger partial charge in [0.1, 0.15) is 15.6 Å². The van der Waals surface area contributed by atoms with Crippen molar-refractivity contribution in [2.75, 3.05) is 6.54 Å². The largest absolute Gasteiger partial charge is 0.271 e. The highest BCUT2D eigenvalue weighted by Gasteiger charge is 2.14. The molecule has 0 amide bonds. The van der Waals surface area contributed by atoms with Gasteiger partial charge in [0.05, 0.1) is 12.7 Å². The quantitative estimate of drug-likeness (QED) is 0.735. The fourth-order valence-corrected chi connectivity index (χ4v) is 3.89. The van der Waals surface area contributed by atoms with E-state index in [9.17, 15) is 8.42 Å². The summed E-state index contributed by atoms with van der Waals surface area (Å²) in [7, 11) is -3.43. The van der Waals surface area contributed by atoms with Gasteiger partial charge < -0.3 is 0 Å². The SMILES string of the molecule is O=S(=O)(NCCn1ccc(-c2cnccn2)n1)c1cccs1. The number of hydrogen-bond donors (Lipinski definition) is 1. The van der Waals surface area contributed by atoms with E-state index in [1.54, 1.807) is 47.0 Å². The molecule has 3 aromatic heterocycles. The third kappa shape index (κ3) is 3.38. The lowest BCUT2D eigenvalue weighted by Gasteiger charge is -2.04. The van der Waals surface area contributed by atoms with E-state index in [1.165, 1.54) is 11.3 Å². The van der Waals surface area contributed by atoms with E-state index in [1.807, 2.05) is 6.07 Å². The molecule has 0 saturated heterocycles. The van der Waals surface area contributed by atoms with E-state index in [-0.39, 0.29) is 6.54 Å². The third-order valence-electron chi connectivity index (χ3n) is 2.86. The van der Waals surface area contributed by atoms with Crippen LogP contribution in [-0.2, 0) is 16.6 Å². The van der Waals surface area contributed by atoms with Crippen LogP contribution in [-0.4, -0.2) is 34.7 Å². The van der Waals surface area contributed by atoms with Gasteiger partial charge in [-0.05, 0) is 17.5 Å². The molecule has 3 heterocycles. The molecule has 3 rings (SSSR count). The molecule has 0 bridgehead atoms. The molecule has 0 spiro atoms. The Balaban J connectivity index is 1.60. The van der Waals surface area contributed by atoms with Crippen LogP contribution < -0.4 is 4.72 Å². The maximum absolute atomic E-state index is 12.0. The summed E-state index contributed by atoms with van der Waals surface area (Å²) in [5, 5.41) is 6.08. The smallest absolute Gasteiger partial charge is 0.250 e.